The van der Waals surface area contributed by atoms with Crippen molar-refractivity contribution in [3.63, 3.8) is 0 Å². The predicted octanol–water partition coefficient (Wildman–Crippen LogP) is 3.11. The summed E-state index contributed by atoms with van der Waals surface area (Å²) in [7, 11) is 1.81. The highest BCUT2D eigenvalue weighted by Gasteiger charge is 2.43. The second-order valence-electron chi connectivity index (χ2n) is 4.55. The highest BCUT2D eigenvalue weighted by molar-refractivity contribution is 14.0. The zero-order valence-corrected chi connectivity index (χ0v) is 14.6. The Labute approximate surface area is 137 Å². The molecule has 1 aromatic rings. The van der Waals surface area contributed by atoms with Gasteiger partial charge in [0.1, 0.15) is 0 Å². The van der Waals surface area contributed by atoms with Crippen molar-refractivity contribution in [2.45, 2.75) is 29.4 Å². The van der Waals surface area contributed by atoms with Crippen LogP contribution in [0.4, 0.5) is 0 Å². The first kappa shape index (κ1) is 16.6. The number of nitrogens with one attached hydrogen (secondary N) is 2. The van der Waals surface area contributed by atoms with Gasteiger partial charge in [-0.1, -0.05) is 18.2 Å². The number of hydrogen-bond donors (Lipinski definition) is 2. The molecule has 1 aromatic carbocycles. The Morgan fingerprint density at radius 3 is 2.47 bits per heavy atom. The maximum Gasteiger partial charge on any atom is 0.191 e. The number of thioether (sulfide) groups is 1. The maximum absolute atomic E-state index is 4.20. The zero-order valence-electron chi connectivity index (χ0n) is 11.5. The summed E-state index contributed by atoms with van der Waals surface area (Å²) < 4.78 is 0.368. The van der Waals surface area contributed by atoms with Crippen LogP contribution in [0.3, 0.4) is 0 Å². The molecule has 0 amide bonds. The van der Waals surface area contributed by atoms with Crippen molar-refractivity contribution in [2.75, 3.05) is 20.1 Å². The molecule has 0 unspecified atom stereocenters. The highest BCUT2D eigenvalue weighted by atomic mass is 127. The number of aliphatic imine (C=N–C) groups is 1. The van der Waals surface area contributed by atoms with Gasteiger partial charge >= 0.3 is 0 Å². The largest absolute Gasteiger partial charge is 0.357 e. The van der Waals surface area contributed by atoms with Gasteiger partial charge in [-0.05, 0) is 31.9 Å². The zero-order chi connectivity index (χ0) is 12.8. The Balaban J connectivity index is 0.00000180. The van der Waals surface area contributed by atoms with Crippen LogP contribution >= 0.6 is 35.7 Å². The van der Waals surface area contributed by atoms with Crippen LogP contribution in [0.5, 0.6) is 0 Å². The number of guanidine groups is 1. The van der Waals surface area contributed by atoms with Gasteiger partial charge in [0, 0.05) is 29.8 Å². The molecule has 5 heteroatoms. The Hall–Kier alpha value is -0.430. The van der Waals surface area contributed by atoms with Gasteiger partial charge in [-0.2, -0.15) is 0 Å². The summed E-state index contributed by atoms with van der Waals surface area (Å²) in [6.07, 6.45) is 2.56. The second-order valence-corrected chi connectivity index (χ2v) is 6.10. The van der Waals surface area contributed by atoms with Crippen molar-refractivity contribution in [1.82, 2.24) is 10.6 Å². The van der Waals surface area contributed by atoms with Crippen molar-refractivity contribution in [3.8, 4) is 0 Å². The third-order valence-electron chi connectivity index (χ3n) is 3.03. The molecule has 0 saturated heterocycles. The molecule has 2 rings (SSSR count). The van der Waals surface area contributed by atoms with Gasteiger partial charge in [0.15, 0.2) is 5.96 Å². The van der Waals surface area contributed by atoms with E-state index in [1.54, 1.807) is 0 Å². The lowest BCUT2D eigenvalue weighted by Crippen LogP contribution is -2.40. The third kappa shape index (κ3) is 5.22. The average Bonchev–Trinajstić information content (AvgIpc) is 3.16. The molecule has 0 radical (unpaired) electrons. The quantitative estimate of drug-likeness (QED) is 0.460. The minimum Gasteiger partial charge on any atom is -0.357 e. The summed E-state index contributed by atoms with van der Waals surface area (Å²) in [5.41, 5.74) is 0. The fourth-order valence-electron chi connectivity index (χ4n) is 1.83. The molecule has 106 valence electrons. The molecule has 0 heterocycles. The van der Waals surface area contributed by atoms with Crippen molar-refractivity contribution in [3.05, 3.63) is 30.3 Å². The van der Waals surface area contributed by atoms with Gasteiger partial charge < -0.3 is 10.6 Å². The molecule has 2 N–H and O–H groups in total. The van der Waals surface area contributed by atoms with Crippen LogP contribution in [-0.4, -0.2) is 30.8 Å². The first-order chi connectivity index (χ1) is 8.78. The molecule has 1 fully saturated rings. The summed E-state index contributed by atoms with van der Waals surface area (Å²) in [6, 6.07) is 10.6. The van der Waals surface area contributed by atoms with Crippen LogP contribution in [0.2, 0.25) is 0 Å². The van der Waals surface area contributed by atoms with Gasteiger partial charge in [-0.15, -0.1) is 35.7 Å². The molecule has 1 aliphatic carbocycles. The summed E-state index contributed by atoms with van der Waals surface area (Å²) in [5, 5.41) is 6.64. The molecule has 0 aromatic heterocycles. The average molecular weight is 391 g/mol. The predicted molar refractivity (Wildman–Crippen MR) is 94.7 cm³/mol. The smallest absolute Gasteiger partial charge is 0.191 e. The topological polar surface area (TPSA) is 36.4 Å². The van der Waals surface area contributed by atoms with Gasteiger partial charge in [-0.25, -0.2) is 0 Å². The normalized spacial score (nSPS) is 16.4. The third-order valence-corrected chi connectivity index (χ3v) is 4.52. The van der Waals surface area contributed by atoms with E-state index in [-0.39, 0.29) is 24.0 Å². The fourth-order valence-corrected chi connectivity index (χ4v) is 3.07. The van der Waals surface area contributed by atoms with Crippen molar-refractivity contribution >= 4 is 41.7 Å². The van der Waals surface area contributed by atoms with E-state index in [2.05, 4.69) is 52.9 Å². The Kier molecular flexibility index (Phi) is 6.99. The van der Waals surface area contributed by atoms with E-state index >= 15 is 0 Å². The van der Waals surface area contributed by atoms with Gasteiger partial charge in [0.25, 0.3) is 0 Å². The maximum atomic E-state index is 4.20. The molecule has 0 bridgehead atoms. The minimum atomic E-state index is 0. The van der Waals surface area contributed by atoms with Crippen LogP contribution in [0.25, 0.3) is 0 Å². The van der Waals surface area contributed by atoms with E-state index in [4.69, 9.17) is 0 Å². The number of nitrogens with zero attached hydrogens (tertiary/aromatic N) is 1. The SMILES string of the molecule is CCNC(=NC)NCC1(Sc2ccccc2)CC1.I. The highest BCUT2D eigenvalue weighted by Crippen LogP contribution is 2.51. The van der Waals surface area contributed by atoms with Crippen LogP contribution < -0.4 is 10.6 Å². The molecule has 0 atom stereocenters. The monoisotopic (exact) mass is 391 g/mol. The molecule has 0 aliphatic heterocycles. The molecule has 19 heavy (non-hydrogen) atoms. The van der Waals surface area contributed by atoms with Gasteiger partial charge in [-0.3, -0.25) is 4.99 Å². The van der Waals surface area contributed by atoms with Crippen LogP contribution in [-0.2, 0) is 0 Å². The minimum absolute atomic E-state index is 0. The van der Waals surface area contributed by atoms with Crippen LogP contribution in [0, 0.1) is 0 Å². The van der Waals surface area contributed by atoms with Crippen LogP contribution in [0.15, 0.2) is 40.2 Å². The van der Waals surface area contributed by atoms with E-state index in [1.165, 1.54) is 17.7 Å². The lowest BCUT2D eigenvalue weighted by Gasteiger charge is -2.17. The lowest BCUT2D eigenvalue weighted by atomic mass is 10.4. The number of rotatable bonds is 5. The van der Waals surface area contributed by atoms with E-state index in [0.717, 1.165) is 19.0 Å². The van der Waals surface area contributed by atoms with E-state index in [1.807, 2.05) is 18.8 Å². The molecule has 0 spiro atoms. The standard InChI is InChI=1S/C14H21N3S.HI/c1-3-16-13(15-2)17-11-14(9-10-14)18-12-7-5-4-6-8-12;/h4-8H,3,9-11H2,1-2H3,(H2,15,16,17);1H. The van der Waals surface area contributed by atoms with Crippen LogP contribution in [0.1, 0.15) is 19.8 Å². The van der Waals surface area contributed by atoms with E-state index in [0.29, 0.717) is 4.75 Å². The van der Waals surface area contributed by atoms with Crippen molar-refractivity contribution < 1.29 is 0 Å². The van der Waals surface area contributed by atoms with Crippen molar-refractivity contribution in [2.24, 2.45) is 4.99 Å². The summed E-state index contributed by atoms with van der Waals surface area (Å²) in [4.78, 5) is 5.56. The molecule has 3 nitrogen and oxygen atoms in total. The summed E-state index contributed by atoms with van der Waals surface area (Å²) >= 11 is 1.98. The van der Waals surface area contributed by atoms with E-state index in [9.17, 15) is 0 Å². The Morgan fingerprint density at radius 2 is 1.95 bits per heavy atom. The molecule has 1 saturated carbocycles. The number of benzene rings is 1. The first-order valence-electron chi connectivity index (χ1n) is 6.46. The van der Waals surface area contributed by atoms with Crippen molar-refractivity contribution in [1.29, 1.82) is 0 Å². The van der Waals surface area contributed by atoms with Gasteiger partial charge in [0.05, 0.1) is 0 Å². The number of hydrogen-bond acceptors (Lipinski definition) is 2. The molecular formula is C14H22IN3S. The summed E-state index contributed by atoms with van der Waals surface area (Å²) in [6.45, 7) is 3.96. The van der Waals surface area contributed by atoms with E-state index < -0.39 is 0 Å². The Bertz CT molecular complexity index is 404. The summed E-state index contributed by atoms with van der Waals surface area (Å²) in [5.74, 6) is 0.900. The number of halogens is 1. The Morgan fingerprint density at radius 1 is 1.26 bits per heavy atom. The first-order valence-corrected chi connectivity index (χ1v) is 7.28. The molecule has 1 aliphatic rings. The lowest BCUT2D eigenvalue weighted by molar-refractivity contribution is 0.776. The fraction of sp³-hybridized carbons (Fsp3) is 0.500. The second kappa shape index (κ2) is 7.99. The molecular weight excluding hydrogens is 369 g/mol. The van der Waals surface area contributed by atoms with Gasteiger partial charge in [0.2, 0.25) is 0 Å².